The van der Waals surface area contributed by atoms with Gasteiger partial charge in [-0.2, -0.15) is 0 Å². The fraction of sp³-hybridized carbons (Fsp3) is 0. The Morgan fingerprint density at radius 2 is 0.0120 bits per heavy atom. The minimum Gasteiger partial charge on any atom is 0 e. The molecule has 0 heterocycles. The van der Waals surface area contributed by atoms with Gasteiger partial charge in [0, 0.05) is 1750 Å². The van der Waals surface area contributed by atoms with Gasteiger partial charge < -0.3 is 0 Å². The third-order valence-electron chi connectivity index (χ3n) is 0. The molecule has 0 fully saturated rings. The minimum absolute atomic E-state index is 0. The predicted molar refractivity (Wildman–Crippen MR) is 0 cm³/mol. The van der Waals surface area contributed by atoms with E-state index in [2.05, 4.69) is 0 Å². The van der Waals surface area contributed by atoms with E-state index in [1.807, 2.05) is 0 Å². The average molecular weight is 15300 g/mol. The minimum atomic E-state index is 0. The Kier molecular flexibility index (Phi) is 8140. The zero-order valence-corrected chi connectivity index (χ0v) is 277. The second-order valence-electron chi connectivity index (χ2n) is 0. The average Bonchev–Trinajstić information content (AvgIpc) is 0. The van der Waals surface area contributed by atoms with Gasteiger partial charge in [0.25, 0.3) is 0 Å². The topological polar surface area (TPSA) is 0 Å². The summed E-state index contributed by atoms with van der Waals surface area (Å²) in [6.07, 6.45) is 0. The molecule has 0 aliphatic rings. The second-order valence-corrected chi connectivity index (χ2v) is 0. The third-order valence-corrected chi connectivity index (χ3v) is 0. The quantitative estimate of drug-likeness (QED) is 0.316. The summed E-state index contributed by atoms with van der Waals surface area (Å²) in [6.45, 7) is 0. The first-order valence-electron chi connectivity index (χ1n) is 0. The van der Waals surface area contributed by atoms with Crippen molar-refractivity contribution in [2.75, 3.05) is 0 Å². The molecule has 0 aliphatic carbocycles. The zero-order valence-electron chi connectivity index (χ0n) is 33.9. The van der Waals surface area contributed by atoms with Crippen LogP contribution in [-0.2, 0) is 1750 Å². The van der Waals surface area contributed by atoms with E-state index in [1.165, 1.54) is 0 Å². The summed E-state index contributed by atoms with van der Waals surface area (Å²) in [7, 11) is 0. The van der Waals surface area contributed by atoms with Crippen molar-refractivity contribution in [3.63, 3.8) is 0 Å². The van der Waals surface area contributed by atoms with Crippen LogP contribution in [0.4, 0.5) is 0 Å². The molecule has 83 heavy (non-hydrogen) atoms. The molecule has 0 aromatic heterocycles. The molecular weight excluding hydrogens is 15300 g/mol. The van der Waals surface area contributed by atoms with Gasteiger partial charge in [0.2, 0.25) is 0 Å². The molecule has 83 heteroatoms. The molecule has 0 bridgehead atoms. The van der Waals surface area contributed by atoms with Crippen LogP contribution in [-0.4, -0.2) is 0 Å². The molecule has 0 saturated heterocycles. The van der Waals surface area contributed by atoms with Crippen molar-refractivity contribution in [3.05, 3.63) is 0 Å². The van der Waals surface area contributed by atoms with Crippen LogP contribution < -0.4 is 0 Å². The maximum atomic E-state index is 0. The Morgan fingerprint density at radius 1 is 0.0120 bits per heavy atom. The van der Waals surface area contributed by atoms with Crippen molar-refractivity contribution in [2.45, 2.75) is 0 Å². The van der Waals surface area contributed by atoms with Gasteiger partial charge in [0.1, 0.15) is 0 Å². The molecule has 0 amide bonds. The molecule has 0 unspecified atom stereocenters. The van der Waals surface area contributed by atoms with Crippen molar-refractivity contribution >= 4 is 0 Å². The predicted octanol–water partition coefficient (Wildman–Crippen LogP) is -0.208. The van der Waals surface area contributed by atoms with Gasteiger partial charge in [-0.25, -0.2) is 0 Å². The van der Waals surface area contributed by atoms with E-state index in [-0.39, 0.29) is 1750 Å². The third kappa shape index (κ3) is 802. The van der Waals surface area contributed by atoms with Gasteiger partial charge in [0.05, 0.1) is 0 Å². The van der Waals surface area contributed by atoms with Crippen LogP contribution >= 0.6 is 0 Å². The zero-order chi connectivity index (χ0) is 0. The van der Waals surface area contributed by atoms with Crippen LogP contribution in [0.25, 0.3) is 0 Å². The van der Waals surface area contributed by atoms with Crippen LogP contribution in [0.2, 0.25) is 0 Å². The molecule has 0 atom stereocenters. The number of hydrogen-bond acceptors (Lipinski definition) is 0. The van der Waals surface area contributed by atoms with Gasteiger partial charge in [0.15, 0.2) is 0 Å². The van der Waals surface area contributed by atoms with Crippen LogP contribution in [0.1, 0.15) is 0 Å². The first-order valence-corrected chi connectivity index (χ1v) is 0. The summed E-state index contributed by atoms with van der Waals surface area (Å²) in [5.41, 5.74) is 0. The molecule has 0 saturated carbocycles. The first kappa shape index (κ1) is 831. The Bertz CT molecular complexity index is 0. The fourth-order valence-corrected chi connectivity index (χ4v) is 0. The van der Waals surface area contributed by atoms with Crippen LogP contribution in [0, 0.1) is 0 Å². The maximum Gasteiger partial charge on any atom is 0 e. The number of hydrogen-bond donors (Lipinski definition) is 0. The van der Waals surface area contributed by atoms with Gasteiger partial charge >= 0.3 is 0 Å². The first-order chi connectivity index (χ1) is 0. The second kappa shape index (κ2) is 813. The molecule has 0 N–H and O–H groups in total. The van der Waals surface area contributed by atoms with Crippen LogP contribution in [0.3, 0.4) is 0 Å². The van der Waals surface area contributed by atoms with Crippen molar-refractivity contribution in [1.82, 2.24) is 0 Å². The van der Waals surface area contributed by atoms with Gasteiger partial charge in [-0.15, -0.1) is 0 Å². The molecule has 0 aliphatic heterocycles. The monoisotopic (exact) mass is 15300 g/mol. The standard InChI is InChI=1S/83W. The van der Waals surface area contributed by atoms with Gasteiger partial charge in [-0.1, -0.05) is 0 Å². The molecular formula is W83. The SMILES string of the molecule is [W].[W].[W].[W].[W].[W].[W].[W].[W].[W].[W].[W].[W].[W].[W].[W].[W].[W].[W].[W].[W].[W].[W].[W].[W].[W].[W].[W].[W].[W].[W].[W].[W].[W].[W].[W].[W].[W].[W].[W].[W].[W].[W].[W].[W].[W].[W].[W].[W].[W].[W].[W].[W].[W].[W].[W].[W].[W].[W].[W].[W].[W].[W].[W].[W].[W].[W].[W].[W].[W].[W].[W].[W].[W].[W].[W].[W].[W].[W].[W].[W].[W].[W]. The van der Waals surface area contributed by atoms with E-state index in [0.717, 1.165) is 0 Å². The molecule has 0 nitrogen and oxygen atoms in total. The molecule has 0 rings (SSSR count). The summed E-state index contributed by atoms with van der Waals surface area (Å²) < 4.78 is 0. The Balaban J connectivity index is 0. The smallest absolute Gasteiger partial charge is 0 e. The Morgan fingerprint density at radius 3 is 0.0120 bits per heavy atom. The summed E-state index contributed by atoms with van der Waals surface area (Å²) in [4.78, 5) is 0. The van der Waals surface area contributed by atoms with E-state index in [9.17, 15) is 0 Å². The maximum absolute atomic E-state index is 0. The van der Waals surface area contributed by atoms with E-state index in [1.54, 1.807) is 0 Å². The number of rotatable bonds is 0. The summed E-state index contributed by atoms with van der Waals surface area (Å²) in [5, 5.41) is 0. The fourth-order valence-electron chi connectivity index (χ4n) is 0. The summed E-state index contributed by atoms with van der Waals surface area (Å²) >= 11 is 0. The van der Waals surface area contributed by atoms with E-state index >= 15 is 0 Å². The summed E-state index contributed by atoms with van der Waals surface area (Å²) in [5.74, 6) is 0. The molecule has 0 spiro atoms. The van der Waals surface area contributed by atoms with Crippen LogP contribution in [0.5, 0.6) is 0 Å². The Labute approximate surface area is 1690 Å². The van der Waals surface area contributed by atoms with E-state index < -0.39 is 0 Å². The summed E-state index contributed by atoms with van der Waals surface area (Å²) in [6, 6.07) is 0. The molecule has 498 valence electrons. The van der Waals surface area contributed by atoms with Crippen molar-refractivity contribution in [1.29, 1.82) is 0 Å². The van der Waals surface area contributed by atoms with E-state index in [4.69, 9.17) is 0 Å². The molecule has 0 aromatic rings. The van der Waals surface area contributed by atoms with Crippen molar-refractivity contribution < 1.29 is 1750 Å². The largest absolute Gasteiger partial charge is 0 e. The van der Waals surface area contributed by atoms with Crippen molar-refractivity contribution in [2.24, 2.45) is 0 Å². The Hall–Kier alpha value is 57.1. The van der Waals surface area contributed by atoms with Gasteiger partial charge in [-0.3, -0.25) is 0 Å². The van der Waals surface area contributed by atoms with E-state index in [0.29, 0.717) is 0 Å². The molecule has 0 aromatic carbocycles. The van der Waals surface area contributed by atoms with Crippen molar-refractivity contribution in [3.8, 4) is 0 Å². The van der Waals surface area contributed by atoms with Crippen LogP contribution in [0.15, 0.2) is 0 Å². The normalized spacial score (nSPS) is 0. The van der Waals surface area contributed by atoms with Gasteiger partial charge in [-0.05, 0) is 0 Å². The molecule has 0 radical (unpaired) electrons.